The van der Waals surface area contributed by atoms with Crippen molar-refractivity contribution >= 4 is 53.7 Å². The molecule has 0 aliphatic carbocycles. The summed E-state index contributed by atoms with van der Waals surface area (Å²) in [7, 11) is -7.95. The number of piperazine rings is 1. The van der Waals surface area contributed by atoms with Crippen LogP contribution in [0.2, 0.25) is 0 Å². The van der Waals surface area contributed by atoms with Crippen LogP contribution in [0, 0.1) is 17.5 Å². The number of hydrogen-bond acceptors (Lipinski definition) is 11. The third-order valence-electron chi connectivity index (χ3n) is 9.90. The second-order valence-corrected chi connectivity index (χ2v) is 18.3. The average Bonchev–Trinajstić information content (AvgIpc) is 3.68. The zero-order chi connectivity index (χ0) is 36.9. The van der Waals surface area contributed by atoms with Crippen LogP contribution in [0.5, 0.6) is 0 Å². The highest BCUT2D eigenvalue weighted by atomic mass is 32.2. The third-order valence-corrected chi connectivity index (χ3v) is 14.1. The van der Waals surface area contributed by atoms with Crippen LogP contribution in [0.1, 0.15) is 25.7 Å². The first-order valence-electron chi connectivity index (χ1n) is 17.1. The van der Waals surface area contributed by atoms with E-state index in [4.69, 9.17) is 9.97 Å². The largest absolute Gasteiger partial charge is 0.367 e. The minimum absolute atomic E-state index is 0.0439. The molecule has 8 rings (SSSR count). The molecular weight excluding hydrogens is 748 g/mol. The lowest BCUT2D eigenvalue weighted by Crippen LogP contribution is -2.54. The van der Waals surface area contributed by atoms with Gasteiger partial charge < -0.3 is 15.1 Å². The van der Waals surface area contributed by atoms with Gasteiger partial charge in [0.25, 0.3) is 10.0 Å². The number of rotatable bonds is 9. The van der Waals surface area contributed by atoms with Crippen molar-refractivity contribution in [2.75, 3.05) is 44.4 Å². The Bertz CT molecular complexity index is 2350. The molecule has 2 atom stereocenters. The summed E-state index contributed by atoms with van der Waals surface area (Å²) in [5.41, 5.74) is 1.22. The molecule has 3 fully saturated rings. The van der Waals surface area contributed by atoms with E-state index >= 15 is 4.39 Å². The lowest BCUT2D eigenvalue weighted by atomic mass is 10.1. The van der Waals surface area contributed by atoms with E-state index in [1.165, 1.54) is 29.5 Å². The minimum atomic E-state index is -4.87. The van der Waals surface area contributed by atoms with Crippen LogP contribution in [-0.2, 0) is 19.9 Å². The SMILES string of the molecule is O=S1(=O)CCC(Nc2nccc(-c3sc(N4C5CCC4CN(c4ccccc4)C5)nc3-c3cccc(NS(=O)(=O)c4c(F)cccc4F)c3F)n2)CC1. The summed E-state index contributed by atoms with van der Waals surface area (Å²) >= 11 is 1.34. The average molecular weight is 782 g/mol. The topological polar surface area (TPSA) is 137 Å². The van der Waals surface area contributed by atoms with Gasteiger partial charge in [0.1, 0.15) is 21.5 Å². The maximum Gasteiger partial charge on any atom is 0.267 e. The number of aromatic nitrogens is 3. The zero-order valence-corrected chi connectivity index (χ0v) is 30.6. The molecule has 5 heterocycles. The molecular formula is C36H34F3N7O4S3. The number of nitrogens with one attached hydrogen (secondary N) is 2. The van der Waals surface area contributed by atoms with Crippen LogP contribution in [0.15, 0.2) is 83.9 Å². The molecule has 2 aromatic heterocycles. The van der Waals surface area contributed by atoms with Crippen LogP contribution in [0.4, 0.5) is 35.6 Å². The Morgan fingerprint density at radius 1 is 0.811 bits per heavy atom. The van der Waals surface area contributed by atoms with Gasteiger partial charge in [-0.25, -0.2) is 45.0 Å². The molecule has 2 unspecified atom stereocenters. The van der Waals surface area contributed by atoms with E-state index in [0.29, 0.717) is 28.5 Å². The molecule has 3 aliphatic rings. The van der Waals surface area contributed by atoms with Crippen molar-refractivity contribution in [3.05, 3.63) is 96.4 Å². The van der Waals surface area contributed by atoms with E-state index in [2.05, 4.69) is 32.2 Å². The van der Waals surface area contributed by atoms with Gasteiger partial charge in [0.2, 0.25) is 5.95 Å². The standard InChI is InChI=1S/C36H34F3N7O4S3/c37-27-9-5-10-28(38)34(27)53(49,50)44-29-11-4-8-26(31(29)39)32-33(30-14-17-40-35(42-30)41-22-15-18-52(47,48)19-16-22)51-36(43-32)46-24-12-13-25(46)21-45(20-24)23-6-2-1-3-7-23/h1-11,14,17,22,24-25,44H,12-13,15-16,18-21H2,(H,40,41,42). The summed E-state index contributed by atoms with van der Waals surface area (Å²) in [6.07, 6.45) is 4.26. The number of para-hydroxylation sites is 1. The van der Waals surface area contributed by atoms with Gasteiger partial charge in [0.05, 0.1) is 33.5 Å². The molecule has 3 aliphatic heterocycles. The maximum atomic E-state index is 16.5. The molecule has 276 valence electrons. The summed E-state index contributed by atoms with van der Waals surface area (Å²) in [5.74, 6) is -3.21. The Labute approximate surface area is 308 Å². The summed E-state index contributed by atoms with van der Waals surface area (Å²) < 4.78 is 97.9. The lowest BCUT2D eigenvalue weighted by molar-refractivity contribution is 0.521. The molecule has 0 spiro atoms. The molecule has 53 heavy (non-hydrogen) atoms. The number of anilines is 4. The highest BCUT2D eigenvalue weighted by molar-refractivity contribution is 7.92. The lowest BCUT2D eigenvalue weighted by Gasteiger charge is -2.42. The van der Waals surface area contributed by atoms with Gasteiger partial charge in [0.15, 0.2) is 15.8 Å². The highest BCUT2D eigenvalue weighted by Gasteiger charge is 2.42. The fourth-order valence-electron chi connectivity index (χ4n) is 7.34. The van der Waals surface area contributed by atoms with Gasteiger partial charge in [-0.3, -0.25) is 4.72 Å². The monoisotopic (exact) mass is 781 g/mol. The summed E-state index contributed by atoms with van der Waals surface area (Å²) in [5, 5.41) is 3.90. The summed E-state index contributed by atoms with van der Waals surface area (Å²) in [4.78, 5) is 18.0. The molecule has 2 N–H and O–H groups in total. The first-order valence-corrected chi connectivity index (χ1v) is 21.2. The van der Waals surface area contributed by atoms with E-state index in [-0.39, 0.29) is 46.8 Å². The fraction of sp³-hybridized carbons (Fsp3) is 0.306. The van der Waals surface area contributed by atoms with E-state index in [0.717, 1.165) is 49.8 Å². The first kappa shape index (κ1) is 35.3. The van der Waals surface area contributed by atoms with Crippen molar-refractivity contribution in [3.8, 4) is 21.8 Å². The van der Waals surface area contributed by atoms with Crippen LogP contribution in [0.25, 0.3) is 21.8 Å². The Morgan fingerprint density at radius 2 is 1.49 bits per heavy atom. The minimum Gasteiger partial charge on any atom is -0.367 e. The predicted molar refractivity (Wildman–Crippen MR) is 199 cm³/mol. The number of halogens is 3. The van der Waals surface area contributed by atoms with E-state index in [9.17, 15) is 25.6 Å². The van der Waals surface area contributed by atoms with Crippen molar-refractivity contribution in [2.45, 2.75) is 48.7 Å². The van der Waals surface area contributed by atoms with Crippen LogP contribution in [-0.4, -0.2) is 74.5 Å². The van der Waals surface area contributed by atoms with E-state index in [1.807, 2.05) is 22.9 Å². The predicted octanol–water partition coefficient (Wildman–Crippen LogP) is 6.33. The van der Waals surface area contributed by atoms with Gasteiger partial charge in [0, 0.05) is 48.7 Å². The van der Waals surface area contributed by atoms with Crippen molar-refractivity contribution < 1.29 is 30.0 Å². The van der Waals surface area contributed by atoms with Crippen LogP contribution >= 0.6 is 11.3 Å². The zero-order valence-electron chi connectivity index (χ0n) is 28.1. The number of fused-ring (bicyclic) bond motifs is 2. The number of sulfone groups is 1. The number of nitrogens with zero attached hydrogens (tertiary/aromatic N) is 5. The van der Waals surface area contributed by atoms with Gasteiger partial charge in [-0.05, 0) is 68.1 Å². The molecule has 5 aromatic rings. The molecule has 0 saturated carbocycles. The van der Waals surface area contributed by atoms with Gasteiger partial charge in [-0.2, -0.15) is 0 Å². The second-order valence-electron chi connectivity index (χ2n) is 13.4. The molecule has 0 amide bonds. The van der Waals surface area contributed by atoms with E-state index < -0.39 is 47.9 Å². The number of sulfonamides is 1. The molecule has 11 nitrogen and oxygen atoms in total. The smallest absolute Gasteiger partial charge is 0.267 e. The second kappa shape index (κ2) is 13.9. The molecule has 2 bridgehead atoms. The van der Waals surface area contributed by atoms with E-state index in [1.54, 1.807) is 12.3 Å². The quantitative estimate of drug-likeness (QED) is 0.175. The number of benzene rings is 3. The highest BCUT2D eigenvalue weighted by Crippen LogP contribution is 2.46. The van der Waals surface area contributed by atoms with Crippen molar-refractivity contribution in [1.29, 1.82) is 0 Å². The Hall–Kier alpha value is -4.74. The first-order chi connectivity index (χ1) is 25.5. The Morgan fingerprint density at radius 3 is 2.19 bits per heavy atom. The number of hydrogen-bond donors (Lipinski definition) is 2. The van der Waals surface area contributed by atoms with Crippen LogP contribution in [0.3, 0.4) is 0 Å². The van der Waals surface area contributed by atoms with Gasteiger partial charge in [-0.1, -0.05) is 41.7 Å². The third kappa shape index (κ3) is 7.04. The molecule has 3 saturated heterocycles. The number of thiazole rings is 1. The van der Waals surface area contributed by atoms with Gasteiger partial charge in [-0.15, -0.1) is 0 Å². The maximum absolute atomic E-state index is 16.5. The summed E-state index contributed by atoms with van der Waals surface area (Å²) in [6.45, 7) is 1.53. The molecule has 0 radical (unpaired) electrons. The molecule has 3 aromatic carbocycles. The van der Waals surface area contributed by atoms with Crippen molar-refractivity contribution in [1.82, 2.24) is 15.0 Å². The normalized spacial score (nSPS) is 20.1. The van der Waals surface area contributed by atoms with Crippen molar-refractivity contribution in [3.63, 3.8) is 0 Å². The van der Waals surface area contributed by atoms with Crippen molar-refractivity contribution in [2.24, 2.45) is 0 Å². The Balaban J connectivity index is 1.17. The van der Waals surface area contributed by atoms with Crippen LogP contribution < -0.4 is 19.8 Å². The van der Waals surface area contributed by atoms with Gasteiger partial charge >= 0.3 is 0 Å². The fourth-order valence-corrected chi connectivity index (χ4v) is 11.2. The molecule has 17 heteroatoms. The Kier molecular flexibility index (Phi) is 9.27. The summed E-state index contributed by atoms with van der Waals surface area (Å²) in [6, 6.07) is 18.7.